The highest BCUT2D eigenvalue weighted by atomic mass is 79.9. The lowest BCUT2D eigenvalue weighted by atomic mass is 10.0. The zero-order valence-corrected chi connectivity index (χ0v) is 23.3. The first-order valence-electron chi connectivity index (χ1n) is 11.7. The molecule has 0 unspecified atom stereocenters. The molecular weight excluding hydrogens is 563 g/mol. The molecule has 5 nitrogen and oxygen atoms in total. The minimum atomic E-state index is -0.738. The number of rotatable bonds is 11. The van der Waals surface area contributed by atoms with Gasteiger partial charge in [0.05, 0.1) is 5.02 Å². The van der Waals surface area contributed by atoms with Crippen molar-refractivity contribution in [3.05, 3.63) is 98.4 Å². The van der Waals surface area contributed by atoms with Gasteiger partial charge in [-0.3, -0.25) is 9.59 Å². The van der Waals surface area contributed by atoms with E-state index >= 15 is 0 Å². The molecule has 36 heavy (non-hydrogen) atoms. The summed E-state index contributed by atoms with van der Waals surface area (Å²) in [5.74, 6) is 0.124. The molecule has 0 aliphatic carbocycles. The smallest absolute Gasteiger partial charge is 0.261 e. The van der Waals surface area contributed by atoms with Crippen LogP contribution in [-0.2, 0) is 22.6 Å². The summed E-state index contributed by atoms with van der Waals surface area (Å²) in [6, 6.07) is 21.3. The molecule has 190 valence electrons. The molecule has 3 aromatic carbocycles. The molecule has 0 saturated carbocycles. The monoisotopic (exact) mass is 590 g/mol. The van der Waals surface area contributed by atoms with E-state index in [1.54, 1.807) is 35.2 Å². The van der Waals surface area contributed by atoms with Crippen molar-refractivity contribution in [2.75, 3.05) is 13.2 Å². The molecule has 0 aliphatic heterocycles. The number of hydrogen-bond donors (Lipinski definition) is 1. The van der Waals surface area contributed by atoms with Gasteiger partial charge in [0, 0.05) is 29.0 Å². The third-order valence-corrected chi connectivity index (χ3v) is 6.51. The van der Waals surface area contributed by atoms with Crippen LogP contribution in [0, 0.1) is 5.92 Å². The predicted octanol–water partition coefficient (Wildman–Crippen LogP) is 6.55. The van der Waals surface area contributed by atoms with Crippen molar-refractivity contribution < 1.29 is 14.3 Å². The van der Waals surface area contributed by atoms with Crippen molar-refractivity contribution in [2.45, 2.75) is 32.9 Å². The van der Waals surface area contributed by atoms with E-state index in [1.165, 1.54) is 0 Å². The maximum absolute atomic E-state index is 13.6. The number of amides is 2. The fourth-order valence-corrected chi connectivity index (χ4v) is 4.43. The number of carbonyl (C=O) groups excluding carboxylic acids is 2. The second-order valence-electron chi connectivity index (χ2n) is 8.86. The quantitative estimate of drug-likeness (QED) is 0.275. The van der Waals surface area contributed by atoms with Gasteiger partial charge >= 0.3 is 0 Å². The second-order valence-corrected chi connectivity index (χ2v) is 10.6. The van der Waals surface area contributed by atoms with Gasteiger partial charge in [-0.15, -0.1) is 0 Å². The third-order valence-electron chi connectivity index (χ3n) is 5.47. The highest BCUT2D eigenvalue weighted by molar-refractivity contribution is 9.10. The van der Waals surface area contributed by atoms with E-state index in [9.17, 15) is 9.59 Å². The van der Waals surface area contributed by atoms with Crippen LogP contribution >= 0.6 is 39.1 Å². The van der Waals surface area contributed by atoms with E-state index in [-0.39, 0.29) is 30.9 Å². The van der Waals surface area contributed by atoms with Crippen molar-refractivity contribution >= 4 is 50.9 Å². The van der Waals surface area contributed by atoms with Crippen LogP contribution in [0.5, 0.6) is 5.75 Å². The third kappa shape index (κ3) is 8.54. The molecule has 0 bridgehead atoms. The van der Waals surface area contributed by atoms with Crippen LogP contribution in [-0.4, -0.2) is 35.9 Å². The number of nitrogens with zero attached hydrogens (tertiary/aromatic N) is 1. The number of benzene rings is 3. The summed E-state index contributed by atoms with van der Waals surface area (Å²) in [6.45, 7) is 4.52. The Morgan fingerprint density at radius 2 is 1.67 bits per heavy atom. The molecule has 2 amide bonds. The summed E-state index contributed by atoms with van der Waals surface area (Å²) >= 11 is 15.7. The van der Waals surface area contributed by atoms with E-state index in [1.807, 2.05) is 56.3 Å². The van der Waals surface area contributed by atoms with Crippen LogP contribution in [0.2, 0.25) is 10.0 Å². The lowest BCUT2D eigenvalue weighted by Crippen LogP contribution is -2.52. The zero-order valence-electron chi connectivity index (χ0n) is 20.2. The summed E-state index contributed by atoms with van der Waals surface area (Å²) in [5.41, 5.74) is 1.80. The molecule has 1 atom stereocenters. The maximum Gasteiger partial charge on any atom is 0.261 e. The van der Waals surface area contributed by atoms with Gasteiger partial charge in [0.1, 0.15) is 11.8 Å². The van der Waals surface area contributed by atoms with Crippen LogP contribution < -0.4 is 10.1 Å². The van der Waals surface area contributed by atoms with Gasteiger partial charge in [-0.1, -0.05) is 95.4 Å². The fraction of sp³-hybridized carbons (Fsp3) is 0.286. The van der Waals surface area contributed by atoms with E-state index in [4.69, 9.17) is 27.9 Å². The van der Waals surface area contributed by atoms with Crippen molar-refractivity contribution in [3.63, 3.8) is 0 Å². The standard InChI is InChI=1S/C28H29BrCl2N2O3/c1-19(2)16-32-28(35)25(14-20-6-4-3-5-7-20)33(17-21-8-11-23(30)12-9-21)27(34)18-36-26-13-10-22(29)15-24(26)31/h3-13,15,19,25H,14,16-18H2,1-2H3,(H,32,35)/t25-/m0/s1. The predicted molar refractivity (Wildman–Crippen MR) is 148 cm³/mol. The van der Waals surface area contributed by atoms with Gasteiger partial charge in [-0.25, -0.2) is 0 Å². The lowest BCUT2D eigenvalue weighted by Gasteiger charge is -2.31. The Labute approximate surface area is 230 Å². The van der Waals surface area contributed by atoms with Crippen LogP contribution in [0.3, 0.4) is 0 Å². The molecule has 3 aromatic rings. The molecule has 1 N–H and O–H groups in total. The second kappa shape index (κ2) is 13.7. The van der Waals surface area contributed by atoms with Gasteiger partial charge < -0.3 is 15.0 Å². The Balaban J connectivity index is 1.90. The van der Waals surface area contributed by atoms with Crippen LogP contribution in [0.1, 0.15) is 25.0 Å². The molecule has 0 aliphatic rings. The van der Waals surface area contributed by atoms with Crippen molar-refractivity contribution in [2.24, 2.45) is 5.92 Å². The van der Waals surface area contributed by atoms with Gasteiger partial charge in [-0.2, -0.15) is 0 Å². The van der Waals surface area contributed by atoms with Crippen molar-refractivity contribution in [1.82, 2.24) is 10.2 Å². The van der Waals surface area contributed by atoms with Gasteiger partial charge in [0.15, 0.2) is 6.61 Å². The van der Waals surface area contributed by atoms with E-state index < -0.39 is 6.04 Å². The lowest BCUT2D eigenvalue weighted by molar-refractivity contribution is -0.142. The number of hydrogen-bond acceptors (Lipinski definition) is 3. The Morgan fingerprint density at radius 1 is 0.972 bits per heavy atom. The van der Waals surface area contributed by atoms with Crippen LogP contribution in [0.4, 0.5) is 0 Å². The molecular formula is C28H29BrCl2N2O3. The molecule has 0 aromatic heterocycles. The molecule has 0 radical (unpaired) electrons. The molecule has 0 fully saturated rings. The highest BCUT2D eigenvalue weighted by Crippen LogP contribution is 2.28. The number of ether oxygens (including phenoxy) is 1. The first-order valence-corrected chi connectivity index (χ1v) is 13.2. The number of nitrogens with one attached hydrogen (secondary N) is 1. The number of carbonyl (C=O) groups is 2. The minimum Gasteiger partial charge on any atom is -0.482 e. The summed E-state index contributed by atoms with van der Waals surface area (Å²) in [6.07, 6.45) is 0.364. The molecule has 0 saturated heterocycles. The Kier molecular flexibility index (Phi) is 10.7. The van der Waals surface area contributed by atoms with Gasteiger partial charge in [0.2, 0.25) is 5.91 Å². The van der Waals surface area contributed by atoms with E-state index in [2.05, 4.69) is 21.2 Å². The summed E-state index contributed by atoms with van der Waals surface area (Å²) in [4.78, 5) is 28.6. The van der Waals surface area contributed by atoms with Crippen LogP contribution in [0.25, 0.3) is 0 Å². The van der Waals surface area contributed by atoms with Gasteiger partial charge in [-0.05, 0) is 47.4 Å². The Bertz CT molecular complexity index is 1160. The highest BCUT2D eigenvalue weighted by Gasteiger charge is 2.30. The van der Waals surface area contributed by atoms with E-state index in [0.717, 1.165) is 15.6 Å². The summed E-state index contributed by atoms with van der Waals surface area (Å²) < 4.78 is 6.58. The van der Waals surface area contributed by atoms with Gasteiger partial charge in [0.25, 0.3) is 5.91 Å². The first kappa shape index (κ1) is 28.0. The summed E-state index contributed by atoms with van der Waals surface area (Å²) in [5, 5.41) is 3.98. The zero-order chi connectivity index (χ0) is 26.1. The Hall–Kier alpha value is -2.54. The maximum atomic E-state index is 13.6. The first-order chi connectivity index (χ1) is 17.2. The largest absolute Gasteiger partial charge is 0.482 e. The van der Waals surface area contributed by atoms with Crippen molar-refractivity contribution in [3.8, 4) is 5.75 Å². The molecule has 3 rings (SSSR count). The number of halogens is 3. The average Bonchev–Trinajstić information content (AvgIpc) is 2.85. The molecule has 8 heteroatoms. The summed E-state index contributed by atoms with van der Waals surface area (Å²) in [7, 11) is 0. The molecule has 0 heterocycles. The fourth-order valence-electron chi connectivity index (χ4n) is 3.58. The topological polar surface area (TPSA) is 58.6 Å². The van der Waals surface area contributed by atoms with Crippen LogP contribution in [0.15, 0.2) is 77.3 Å². The molecule has 0 spiro atoms. The SMILES string of the molecule is CC(C)CNC(=O)[C@H](Cc1ccccc1)N(Cc1ccc(Cl)cc1)C(=O)COc1ccc(Br)cc1Cl. The van der Waals surface area contributed by atoms with E-state index in [0.29, 0.717) is 28.8 Å². The minimum absolute atomic E-state index is 0.212. The Morgan fingerprint density at radius 3 is 2.31 bits per heavy atom. The van der Waals surface area contributed by atoms with Crippen molar-refractivity contribution in [1.29, 1.82) is 0 Å². The normalized spacial score (nSPS) is 11.7. The average molecular weight is 592 g/mol.